The van der Waals surface area contributed by atoms with Crippen LogP contribution in [0.3, 0.4) is 0 Å². The minimum Gasteiger partial charge on any atom is -0.395 e. The molecule has 3 unspecified atom stereocenters. The van der Waals surface area contributed by atoms with Crippen molar-refractivity contribution in [2.45, 2.75) is 76.5 Å². The summed E-state index contributed by atoms with van der Waals surface area (Å²) in [7, 11) is 0. The lowest BCUT2D eigenvalue weighted by atomic mass is 10.1. The van der Waals surface area contributed by atoms with Crippen LogP contribution in [-0.4, -0.2) is 47.3 Å². The minimum absolute atomic E-state index is 0.287. The van der Waals surface area contributed by atoms with Crippen molar-refractivity contribution in [1.29, 1.82) is 0 Å². The number of aliphatic hydroxyl groups is 1. The first-order chi connectivity index (χ1) is 8.24. The van der Waals surface area contributed by atoms with Gasteiger partial charge in [0, 0.05) is 30.7 Å². The number of hydrogen-bond acceptors (Lipinski definition) is 3. The molecule has 3 heteroatoms. The Kier molecular flexibility index (Phi) is 4.83. The highest BCUT2D eigenvalue weighted by Gasteiger charge is 2.30. The van der Waals surface area contributed by atoms with Crippen molar-refractivity contribution in [2.75, 3.05) is 13.2 Å². The summed E-state index contributed by atoms with van der Waals surface area (Å²) in [5.74, 6) is 0. The van der Waals surface area contributed by atoms with E-state index in [9.17, 15) is 5.11 Å². The third kappa shape index (κ3) is 3.67. The number of likely N-dealkylation sites (tertiary alicyclic amines) is 1. The highest BCUT2D eigenvalue weighted by Crippen LogP contribution is 2.26. The normalized spacial score (nSPS) is 31.9. The molecule has 2 N–H and O–H groups in total. The summed E-state index contributed by atoms with van der Waals surface area (Å²) >= 11 is 0. The van der Waals surface area contributed by atoms with Crippen molar-refractivity contribution in [3.05, 3.63) is 0 Å². The molecule has 0 spiro atoms. The number of hydrogen-bond donors (Lipinski definition) is 2. The maximum absolute atomic E-state index is 9.38. The van der Waals surface area contributed by atoms with Crippen LogP contribution in [-0.2, 0) is 0 Å². The molecule has 2 aliphatic rings. The molecule has 1 heterocycles. The van der Waals surface area contributed by atoms with Crippen LogP contribution in [0.15, 0.2) is 0 Å². The Morgan fingerprint density at radius 3 is 2.65 bits per heavy atom. The zero-order valence-electron chi connectivity index (χ0n) is 11.4. The van der Waals surface area contributed by atoms with E-state index in [1.807, 2.05) is 0 Å². The van der Waals surface area contributed by atoms with Gasteiger partial charge in [-0.05, 0) is 45.4 Å². The second-order valence-corrected chi connectivity index (χ2v) is 5.84. The SMILES string of the molecule is CCC1CCC(C)N1CCC(CO)NC1CC1. The van der Waals surface area contributed by atoms with Gasteiger partial charge in [0.1, 0.15) is 0 Å². The van der Waals surface area contributed by atoms with E-state index in [-0.39, 0.29) is 6.61 Å². The molecule has 2 rings (SSSR count). The van der Waals surface area contributed by atoms with Crippen LogP contribution in [0.1, 0.15) is 52.4 Å². The first-order valence-corrected chi connectivity index (χ1v) is 7.37. The fraction of sp³-hybridized carbons (Fsp3) is 1.00. The highest BCUT2D eigenvalue weighted by atomic mass is 16.3. The van der Waals surface area contributed by atoms with Crippen LogP contribution >= 0.6 is 0 Å². The van der Waals surface area contributed by atoms with Gasteiger partial charge in [-0.25, -0.2) is 0 Å². The van der Waals surface area contributed by atoms with E-state index in [2.05, 4.69) is 24.1 Å². The molecule has 0 amide bonds. The summed E-state index contributed by atoms with van der Waals surface area (Å²) < 4.78 is 0. The maximum atomic E-state index is 9.38. The van der Waals surface area contributed by atoms with Crippen LogP contribution in [0.5, 0.6) is 0 Å². The second kappa shape index (κ2) is 6.17. The third-order valence-electron chi connectivity index (χ3n) is 4.43. The van der Waals surface area contributed by atoms with E-state index in [1.165, 1.54) is 32.1 Å². The lowest BCUT2D eigenvalue weighted by molar-refractivity contribution is 0.168. The highest BCUT2D eigenvalue weighted by molar-refractivity contribution is 4.88. The molecule has 0 aromatic rings. The predicted molar refractivity (Wildman–Crippen MR) is 71.1 cm³/mol. The summed E-state index contributed by atoms with van der Waals surface area (Å²) in [4.78, 5) is 2.65. The molecule has 2 fully saturated rings. The van der Waals surface area contributed by atoms with Gasteiger partial charge in [-0.1, -0.05) is 6.92 Å². The molecule has 3 nitrogen and oxygen atoms in total. The molecule has 0 radical (unpaired) electrons. The van der Waals surface area contributed by atoms with Crippen LogP contribution < -0.4 is 5.32 Å². The van der Waals surface area contributed by atoms with E-state index in [0.29, 0.717) is 12.1 Å². The number of nitrogens with zero attached hydrogens (tertiary/aromatic N) is 1. The Labute approximate surface area is 106 Å². The Morgan fingerprint density at radius 1 is 1.29 bits per heavy atom. The van der Waals surface area contributed by atoms with E-state index in [0.717, 1.165) is 25.0 Å². The molecule has 100 valence electrons. The molecule has 0 aromatic heterocycles. The maximum Gasteiger partial charge on any atom is 0.0585 e. The Bertz CT molecular complexity index is 230. The zero-order valence-corrected chi connectivity index (χ0v) is 11.4. The molecule has 3 atom stereocenters. The van der Waals surface area contributed by atoms with Crippen molar-refractivity contribution in [2.24, 2.45) is 0 Å². The first-order valence-electron chi connectivity index (χ1n) is 7.37. The van der Waals surface area contributed by atoms with Crippen molar-refractivity contribution < 1.29 is 5.11 Å². The van der Waals surface area contributed by atoms with Crippen molar-refractivity contribution in [3.8, 4) is 0 Å². The number of rotatable bonds is 7. The molecule has 1 aliphatic heterocycles. The van der Waals surface area contributed by atoms with E-state index in [4.69, 9.17) is 0 Å². The number of nitrogens with one attached hydrogen (secondary N) is 1. The lowest BCUT2D eigenvalue weighted by Gasteiger charge is -2.29. The van der Waals surface area contributed by atoms with Crippen LogP contribution in [0.4, 0.5) is 0 Å². The van der Waals surface area contributed by atoms with Gasteiger partial charge in [-0.2, -0.15) is 0 Å². The Morgan fingerprint density at radius 2 is 2.06 bits per heavy atom. The molecular formula is C14H28N2O. The van der Waals surface area contributed by atoms with Crippen LogP contribution in [0.2, 0.25) is 0 Å². The first kappa shape index (κ1) is 13.3. The van der Waals surface area contributed by atoms with Gasteiger partial charge >= 0.3 is 0 Å². The van der Waals surface area contributed by atoms with Crippen molar-refractivity contribution >= 4 is 0 Å². The van der Waals surface area contributed by atoms with Gasteiger partial charge in [0.15, 0.2) is 0 Å². The smallest absolute Gasteiger partial charge is 0.0585 e. The summed E-state index contributed by atoms with van der Waals surface area (Å²) in [6.45, 7) is 6.07. The average Bonchev–Trinajstić information content (AvgIpc) is 3.08. The van der Waals surface area contributed by atoms with Crippen LogP contribution in [0.25, 0.3) is 0 Å². The topological polar surface area (TPSA) is 35.5 Å². The largest absolute Gasteiger partial charge is 0.395 e. The quantitative estimate of drug-likeness (QED) is 0.712. The molecule has 17 heavy (non-hydrogen) atoms. The second-order valence-electron chi connectivity index (χ2n) is 5.84. The predicted octanol–water partition coefficient (Wildman–Crippen LogP) is 1.75. The van der Waals surface area contributed by atoms with Gasteiger partial charge in [0.25, 0.3) is 0 Å². The lowest BCUT2D eigenvalue weighted by Crippen LogP contribution is -2.41. The Balaban J connectivity index is 1.74. The summed E-state index contributed by atoms with van der Waals surface area (Å²) in [6, 6.07) is 2.53. The molecule has 1 aliphatic carbocycles. The van der Waals surface area contributed by atoms with Crippen molar-refractivity contribution in [3.63, 3.8) is 0 Å². The summed E-state index contributed by atoms with van der Waals surface area (Å²) in [5, 5.41) is 12.9. The Hall–Kier alpha value is -0.120. The average molecular weight is 240 g/mol. The zero-order chi connectivity index (χ0) is 12.3. The molecule has 0 aromatic carbocycles. The minimum atomic E-state index is 0.287. The van der Waals surface area contributed by atoms with Gasteiger partial charge in [-0.3, -0.25) is 4.90 Å². The molecule has 1 saturated carbocycles. The van der Waals surface area contributed by atoms with Gasteiger partial charge in [-0.15, -0.1) is 0 Å². The molecule has 0 bridgehead atoms. The van der Waals surface area contributed by atoms with Crippen LogP contribution in [0, 0.1) is 0 Å². The van der Waals surface area contributed by atoms with Gasteiger partial charge in [0.05, 0.1) is 6.61 Å². The standard InChI is InChI=1S/C14H28N2O/c1-3-14-7-4-11(2)16(14)9-8-13(10-17)15-12-5-6-12/h11-15,17H,3-10H2,1-2H3. The fourth-order valence-electron chi connectivity index (χ4n) is 3.08. The fourth-order valence-corrected chi connectivity index (χ4v) is 3.08. The van der Waals surface area contributed by atoms with Gasteiger partial charge in [0.2, 0.25) is 0 Å². The molecular weight excluding hydrogens is 212 g/mol. The van der Waals surface area contributed by atoms with Gasteiger partial charge < -0.3 is 10.4 Å². The monoisotopic (exact) mass is 240 g/mol. The van der Waals surface area contributed by atoms with E-state index >= 15 is 0 Å². The van der Waals surface area contributed by atoms with E-state index in [1.54, 1.807) is 0 Å². The van der Waals surface area contributed by atoms with Crippen molar-refractivity contribution in [1.82, 2.24) is 10.2 Å². The van der Waals surface area contributed by atoms with E-state index < -0.39 is 0 Å². The third-order valence-corrected chi connectivity index (χ3v) is 4.43. The molecule has 1 saturated heterocycles. The number of aliphatic hydroxyl groups excluding tert-OH is 1. The summed E-state index contributed by atoms with van der Waals surface area (Å²) in [6.07, 6.45) is 7.66. The summed E-state index contributed by atoms with van der Waals surface area (Å²) in [5.41, 5.74) is 0.